The summed E-state index contributed by atoms with van der Waals surface area (Å²) in [5.74, 6) is 0. The smallest absolute Gasteiger partial charge is 0.398 e. The normalized spacial score (nSPS) is 21.9. The van der Waals surface area contributed by atoms with Crippen molar-refractivity contribution in [3.63, 3.8) is 0 Å². The molecule has 1 N–H and O–H groups in total. The molecule has 1 rings (SSSR count). The first-order valence-corrected chi connectivity index (χ1v) is 3.24. The van der Waals surface area contributed by atoms with Gasteiger partial charge in [-0.3, -0.25) is 0 Å². The van der Waals surface area contributed by atoms with Crippen LogP contribution in [0.2, 0.25) is 0 Å². The molecule has 0 aromatic heterocycles. The minimum atomic E-state index is 1.06. The number of rotatable bonds is 2. The number of piperazine rings is 1. The third-order valence-corrected chi connectivity index (χ3v) is 1.41. The number of nitrogens with zero attached hydrogens (tertiary/aromatic N) is 1. The maximum absolute atomic E-state index is 4.85. The van der Waals surface area contributed by atoms with Gasteiger partial charge in [-0.2, -0.15) is 0 Å². The Hall–Kier alpha value is -0.0551. The Balaban J connectivity index is 2.08. The van der Waals surface area contributed by atoms with Crippen molar-refractivity contribution in [2.24, 2.45) is 0 Å². The highest BCUT2D eigenvalue weighted by molar-refractivity contribution is 6.23. The molecule has 0 aromatic rings. The molecule has 1 fully saturated rings. The van der Waals surface area contributed by atoms with Gasteiger partial charge in [0, 0.05) is 33.3 Å². The lowest BCUT2D eigenvalue weighted by molar-refractivity contribution is 0.309. The van der Waals surface area contributed by atoms with E-state index in [9.17, 15) is 0 Å². The van der Waals surface area contributed by atoms with E-state index in [1.54, 1.807) is 14.7 Å². The first kappa shape index (κ1) is 7.06. The first-order valence-electron chi connectivity index (χ1n) is 3.24. The van der Waals surface area contributed by atoms with Crippen LogP contribution in [0.3, 0.4) is 0 Å². The molecule has 3 nitrogen and oxygen atoms in total. The van der Waals surface area contributed by atoms with Crippen LogP contribution in [-0.4, -0.2) is 45.7 Å². The minimum Gasteiger partial charge on any atom is -0.427 e. The highest BCUT2D eigenvalue weighted by Gasteiger charge is 2.09. The molecular formula is C5H12BN2O. The van der Waals surface area contributed by atoms with Crippen LogP contribution in [0.25, 0.3) is 0 Å². The summed E-state index contributed by atoms with van der Waals surface area (Å²) in [6.45, 7) is 4.27. The second-order valence-electron chi connectivity index (χ2n) is 2.13. The minimum absolute atomic E-state index is 1.06. The summed E-state index contributed by atoms with van der Waals surface area (Å²) in [5.41, 5.74) is 0. The van der Waals surface area contributed by atoms with Gasteiger partial charge in [0.15, 0.2) is 0 Å². The quantitative estimate of drug-likeness (QED) is 0.485. The van der Waals surface area contributed by atoms with Crippen molar-refractivity contribution in [1.82, 2.24) is 10.1 Å². The maximum Gasteiger partial charge on any atom is 0.398 e. The molecule has 0 aliphatic carbocycles. The van der Waals surface area contributed by atoms with Gasteiger partial charge in [0.1, 0.15) is 0 Å². The van der Waals surface area contributed by atoms with Crippen molar-refractivity contribution in [2.75, 3.05) is 33.3 Å². The Morgan fingerprint density at radius 2 is 2.11 bits per heavy atom. The summed E-state index contributed by atoms with van der Waals surface area (Å²) in [5, 5.41) is 3.26. The van der Waals surface area contributed by atoms with E-state index in [2.05, 4.69) is 10.1 Å². The van der Waals surface area contributed by atoms with Gasteiger partial charge in [0.25, 0.3) is 0 Å². The average molecular weight is 127 g/mol. The summed E-state index contributed by atoms with van der Waals surface area (Å²) in [4.78, 5) is 2.16. The summed E-state index contributed by atoms with van der Waals surface area (Å²) in [6.07, 6.45) is 0. The van der Waals surface area contributed by atoms with Crippen LogP contribution in [0.5, 0.6) is 0 Å². The first-order chi connectivity index (χ1) is 4.43. The summed E-state index contributed by atoms with van der Waals surface area (Å²) in [7, 11) is 3.46. The molecule has 0 atom stereocenters. The van der Waals surface area contributed by atoms with E-state index in [-0.39, 0.29) is 0 Å². The lowest BCUT2D eigenvalue weighted by atomic mass is 10.1. The lowest BCUT2D eigenvalue weighted by Gasteiger charge is -2.24. The molecule has 0 amide bonds. The van der Waals surface area contributed by atoms with E-state index >= 15 is 0 Å². The molecule has 0 aromatic carbocycles. The summed E-state index contributed by atoms with van der Waals surface area (Å²) in [6, 6.07) is 0. The molecule has 1 aliphatic rings. The SMILES string of the molecule is CO[B]N1CCNCC1. The van der Waals surface area contributed by atoms with Crippen LogP contribution in [0.4, 0.5) is 0 Å². The van der Waals surface area contributed by atoms with Crippen molar-refractivity contribution < 1.29 is 4.65 Å². The second kappa shape index (κ2) is 3.87. The third-order valence-electron chi connectivity index (χ3n) is 1.41. The van der Waals surface area contributed by atoms with Crippen LogP contribution < -0.4 is 5.32 Å². The van der Waals surface area contributed by atoms with E-state index in [1.165, 1.54) is 0 Å². The molecule has 51 valence electrons. The molecule has 9 heavy (non-hydrogen) atoms. The molecule has 1 heterocycles. The lowest BCUT2D eigenvalue weighted by Crippen LogP contribution is -2.45. The molecular weight excluding hydrogens is 115 g/mol. The van der Waals surface area contributed by atoms with Gasteiger partial charge in [-0.25, -0.2) is 0 Å². The zero-order valence-electron chi connectivity index (χ0n) is 5.76. The molecule has 0 saturated carbocycles. The zero-order valence-corrected chi connectivity index (χ0v) is 5.76. The van der Waals surface area contributed by atoms with Crippen molar-refractivity contribution in [3.05, 3.63) is 0 Å². The zero-order chi connectivity index (χ0) is 6.53. The van der Waals surface area contributed by atoms with Crippen LogP contribution in [0, 0.1) is 0 Å². The van der Waals surface area contributed by atoms with Gasteiger partial charge in [0.2, 0.25) is 0 Å². The largest absolute Gasteiger partial charge is 0.427 e. The van der Waals surface area contributed by atoms with E-state index in [0.717, 1.165) is 26.2 Å². The van der Waals surface area contributed by atoms with Crippen LogP contribution >= 0.6 is 0 Å². The molecule has 0 bridgehead atoms. The van der Waals surface area contributed by atoms with Gasteiger partial charge >= 0.3 is 7.62 Å². The Bertz CT molecular complexity index is 72.6. The van der Waals surface area contributed by atoms with E-state index in [1.807, 2.05) is 0 Å². The standard InChI is InChI=1S/C5H12BN2O/c1-9-6-8-4-2-7-3-5-8/h7H,2-5H2,1H3. The highest BCUT2D eigenvalue weighted by atomic mass is 16.4. The van der Waals surface area contributed by atoms with Gasteiger partial charge in [-0.1, -0.05) is 0 Å². The molecule has 4 heteroatoms. The fraction of sp³-hybridized carbons (Fsp3) is 1.00. The van der Waals surface area contributed by atoms with Crippen molar-refractivity contribution in [1.29, 1.82) is 0 Å². The van der Waals surface area contributed by atoms with Crippen LogP contribution in [0.15, 0.2) is 0 Å². The monoisotopic (exact) mass is 127 g/mol. The molecule has 1 radical (unpaired) electrons. The topological polar surface area (TPSA) is 24.5 Å². The van der Waals surface area contributed by atoms with Gasteiger partial charge in [0.05, 0.1) is 0 Å². The van der Waals surface area contributed by atoms with Crippen LogP contribution in [0.1, 0.15) is 0 Å². The highest BCUT2D eigenvalue weighted by Crippen LogP contribution is 1.87. The van der Waals surface area contributed by atoms with Gasteiger partial charge in [-0.15, -0.1) is 0 Å². The molecule has 1 aliphatic heterocycles. The van der Waals surface area contributed by atoms with E-state index < -0.39 is 0 Å². The second-order valence-corrected chi connectivity index (χ2v) is 2.13. The predicted octanol–water partition coefficient (Wildman–Crippen LogP) is -0.928. The Kier molecular flexibility index (Phi) is 3.04. The average Bonchev–Trinajstić information content (AvgIpc) is 1.91. The Morgan fingerprint density at radius 3 is 2.67 bits per heavy atom. The van der Waals surface area contributed by atoms with E-state index in [4.69, 9.17) is 4.65 Å². The van der Waals surface area contributed by atoms with Crippen molar-refractivity contribution in [2.45, 2.75) is 0 Å². The van der Waals surface area contributed by atoms with E-state index in [0.29, 0.717) is 0 Å². The fourth-order valence-corrected chi connectivity index (χ4v) is 0.937. The molecule has 0 unspecified atom stereocenters. The van der Waals surface area contributed by atoms with Crippen molar-refractivity contribution in [3.8, 4) is 0 Å². The number of hydrogen-bond acceptors (Lipinski definition) is 3. The van der Waals surface area contributed by atoms with Crippen LogP contribution in [-0.2, 0) is 4.65 Å². The number of hydrogen-bond donors (Lipinski definition) is 1. The number of nitrogens with one attached hydrogen (secondary N) is 1. The van der Waals surface area contributed by atoms with Gasteiger partial charge in [-0.05, 0) is 0 Å². The third kappa shape index (κ3) is 2.34. The maximum atomic E-state index is 4.85. The summed E-state index contributed by atoms with van der Waals surface area (Å²) >= 11 is 0. The Morgan fingerprint density at radius 1 is 1.44 bits per heavy atom. The summed E-state index contributed by atoms with van der Waals surface area (Å²) < 4.78 is 4.85. The molecule has 0 spiro atoms. The van der Waals surface area contributed by atoms with Crippen molar-refractivity contribution >= 4 is 7.62 Å². The van der Waals surface area contributed by atoms with Gasteiger partial charge < -0.3 is 14.8 Å². The predicted molar refractivity (Wildman–Crippen MR) is 37.2 cm³/mol. The Labute approximate surface area is 56.7 Å². The fourth-order valence-electron chi connectivity index (χ4n) is 0.937. The molecule has 1 saturated heterocycles.